The van der Waals surface area contributed by atoms with Crippen LogP contribution in [0.2, 0.25) is 0 Å². The fourth-order valence-electron chi connectivity index (χ4n) is 9.83. The highest BCUT2D eigenvalue weighted by atomic mass is 14.8. The molecular formula is C37H44. The highest BCUT2D eigenvalue weighted by Crippen LogP contribution is 2.83. The standard InChI is InChI=1S/C37H44/c1-24-20-36-22-35(24)23-37(36,21-28(35)17-25-11-9-8-10-12-25)32-19-27(34(5,6)7)14-16-30(32)29-15-13-26(18-31(29)36)33(2,3)4/h8-16,18-19,24,28H,17,20-23H2,1-7H3/t24?,28?,35?,36-,37-/m1/s1. The molecule has 3 aromatic rings. The van der Waals surface area contributed by atoms with Crippen LogP contribution in [0.25, 0.3) is 11.1 Å². The summed E-state index contributed by atoms with van der Waals surface area (Å²) in [5.41, 5.74) is 12.4. The molecule has 192 valence electrons. The Morgan fingerprint density at radius 3 is 1.70 bits per heavy atom. The molecule has 3 unspecified atom stereocenters. The Labute approximate surface area is 224 Å². The Morgan fingerprint density at radius 2 is 1.19 bits per heavy atom. The van der Waals surface area contributed by atoms with E-state index >= 15 is 0 Å². The van der Waals surface area contributed by atoms with Crippen LogP contribution in [0.4, 0.5) is 0 Å². The van der Waals surface area contributed by atoms with E-state index in [1.54, 1.807) is 11.1 Å². The number of hydrogen-bond donors (Lipinski definition) is 0. The molecule has 4 aliphatic carbocycles. The third kappa shape index (κ3) is 2.97. The van der Waals surface area contributed by atoms with Crippen LogP contribution in [0.15, 0.2) is 66.7 Å². The van der Waals surface area contributed by atoms with Crippen molar-refractivity contribution in [3.8, 4) is 11.1 Å². The molecule has 0 nitrogen and oxygen atoms in total. The van der Waals surface area contributed by atoms with E-state index in [-0.39, 0.29) is 16.2 Å². The van der Waals surface area contributed by atoms with Gasteiger partial charge in [-0.25, -0.2) is 0 Å². The number of hydrogen-bond acceptors (Lipinski definition) is 0. The Bertz CT molecular complexity index is 1390. The zero-order chi connectivity index (χ0) is 26.0. The predicted octanol–water partition coefficient (Wildman–Crippen LogP) is 9.52. The molecule has 4 aliphatic rings. The van der Waals surface area contributed by atoms with E-state index in [1.165, 1.54) is 59.9 Å². The van der Waals surface area contributed by atoms with E-state index in [0.29, 0.717) is 10.8 Å². The topological polar surface area (TPSA) is 0 Å². The van der Waals surface area contributed by atoms with E-state index in [9.17, 15) is 0 Å². The third-order valence-electron chi connectivity index (χ3n) is 11.6. The second-order valence-corrected chi connectivity index (χ2v) is 15.5. The lowest BCUT2D eigenvalue weighted by molar-refractivity contribution is 0.145. The highest BCUT2D eigenvalue weighted by molar-refractivity contribution is 5.80. The molecule has 0 heteroatoms. The van der Waals surface area contributed by atoms with Crippen molar-refractivity contribution in [2.75, 3.05) is 0 Å². The van der Waals surface area contributed by atoms with Crippen LogP contribution in [0, 0.1) is 17.3 Å². The molecule has 5 atom stereocenters. The molecule has 0 saturated heterocycles. The molecule has 0 radical (unpaired) electrons. The molecule has 0 amide bonds. The van der Waals surface area contributed by atoms with Crippen molar-refractivity contribution in [1.29, 1.82) is 0 Å². The van der Waals surface area contributed by atoms with Crippen molar-refractivity contribution in [1.82, 2.24) is 0 Å². The monoisotopic (exact) mass is 488 g/mol. The van der Waals surface area contributed by atoms with Crippen molar-refractivity contribution in [2.24, 2.45) is 17.3 Å². The van der Waals surface area contributed by atoms with Crippen molar-refractivity contribution in [2.45, 2.75) is 102 Å². The van der Waals surface area contributed by atoms with Crippen molar-refractivity contribution in [3.05, 3.63) is 94.5 Å². The van der Waals surface area contributed by atoms with Gasteiger partial charge in [0.25, 0.3) is 0 Å². The zero-order valence-corrected chi connectivity index (χ0v) is 24.0. The average molecular weight is 489 g/mol. The van der Waals surface area contributed by atoms with Crippen LogP contribution in [0.1, 0.15) is 102 Å². The number of rotatable bonds is 2. The van der Waals surface area contributed by atoms with E-state index in [0.717, 1.165) is 11.8 Å². The SMILES string of the molecule is CC1C[C@]23CC14C[C@]2(CC4Cc1ccccc1)c1cc(C(C)(C)C)ccc1-c1ccc(C(C)(C)C)cc13. The van der Waals surface area contributed by atoms with Crippen LogP contribution < -0.4 is 0 Å². The third-order valence-corrected chi connectivity index (χ3v) is 11.6. The van der Waals surface area contributed by atoms with Gasteiger partial charge in [-0.15, -0.1) is 0 Å². The minimum atomic E-state index is 0.167. The molecule has 7 rings (SSSR count). The Balaban J connectivity index is 1.47. The fourth-order valence-corrected chi connectivity index (χ4v) is 9.83. The Kier molecular flexibility index (Phi) is 4.62. The maximum absolute atomic E-state index is 2.67. The van der Waals surface area contributed by atoms with Gasteiger partial charge in [-0.1, -0.05) is 115 Å². The summed E-state index contributed by atoms with van der Waals surface area (Å²) in [6, 6.07) is 26.5. The summed E-state index contributed by atoms with van der Waals surface area (Å²) in [6.07, 6.45) is 6.73. The summed E-state index contributed by atoms with van der Waals surface area (Å²) >= 11 is 0. The second-order valence-electron chi connectivity index (χ2n) is 15.5. The highest BCUT2D eigenvalue weighted by Gasteiger charge is 2.78. The maximum atomic E-state index is 2.67. The molecule has 0 aliphatic heterocycles. The summed E-state index contributed by atoms with van der Waals surface area (Å²) < 4.78 is 0. The Morgan fingerprint density at radius 1 is 0.676 bits per heavy atom. The first-order chi connectivity index (χ1) is 17.4. The summed E-state index contributed by atoms with van der Waals surface area (Å²) in [7, 11) is 0. The van der Waals surface area contributed by atoms with Crippen LogP contribution >= 0.6 is 0 Å². The average Bonchev–Trinajstić information content (AvgIpc) is 3.43. The lowest BCUT2D eigenvalue weighted by Gasteiger charge is -2.53. The normalized spacial score (nSPS) is 33.3. The first kappa shape index (κ1) is 23.8. The summed E-state index contributed by atoms with van der Waals surface area (Å²) in [5.74, 6) is 1.56. The van der Waals surface area contributed by atoms with Gasteiger partial charge in [0.15, 0.2) is 0 Å². The van der Waals surface area contributed by atoms with Gasteiger partial charge < -0.3 is 0 Å². The minimum absolute atomic E-state index is 0.167. The van der Waals surface area contributed by atoms with Crippen molar-refractivity contribution < 1.29 is 0 Å². The molecule has 0 N–H and O–H groups in total. The van der Waals surface area contributed by atoms with Gasteiger partial charge in [-0.05, 0) is 99.1 Å². The zero-order valence-electron chi connectivity index (χ0n) is 24.0. The molecule has 3 fully saturated rings. The molecular weight excluding hydrogens is 444 g/mol. The first-order valence-electron chi connectivity index (χ1n) is 14.7. The summed E-state index contributed by atoms with van der Waals surface area (Å²) in [6.45, 7) is 16.9. The maximum Gasteiger partial charge on any atom is 0.00650 e. The molecule has 0 heterocycles. The van der Waals surface area contributed by atoms with E-state index in [4.69, 9.17) is 0 Å². The minimum Gasteiger partial charge on any atom is -0.0622 e. The summed E-state index contributed by atoms with van der Waals surface area (Å²) in [4.78, 5) is 0. The van der Waals surface area contributed by atoms with Gasteiger partial charge >= 0.3 is 0 Å². The smallest absolute Gasteiger partial charge is 0.00650 e. The molecule has 3 saturated carbocycles. The van der Waals surface area contributed by atoms with Gasteiger partial charge in [-0.3, -0.25) is 0 Å². The van der Waals surface area contributed by atoms with E-state index in [1.807, 2.05) is 0 Å². The molecule has 0 aromatic heterocycles. The van der Waals surface area contributed by atoms with Crippen LogP contribution in [-0.2, 0) is 28.1 Å². The number of benzene rings is 3. The fraction of sp³-hybridized carbons (Fsp3) is 0.514. The van der Waals surface area contributed by atoms with Crippen LogP contribution in [0.3, 0.4) is 0 Å². The second kappa shape index (κ2) is 7.19. The van der Waals surface area contributed by atoms with Crippen molar-refractivity contribution in [3.63, 3.8) is 0 Å². The molecule has 3 aromatic carbocycles. The largest absolute Gasteiger partial charge is 0.0622 e. The molecule has 3 bridgehead atoms. The van der Waals surface area contributed by atoms with Gasteiger partial charge in [-0.2, -0.15) is 0 Å². The lowest BCUT2D eigenvalue weighted by atomic mass is 9.50. The van der Waals surface area contributed by atoms with E-state index in [2.05, 4.69) is 115 Å². The quantitative estimate of drug-likeness (QED) is 0.337. The van der Waals surface area contributed by atoms with Gasteiger partial charge in [0.05, 0.1) is 0 Å². The number of fused-ring (bicyclic) bond motifs is 3. The van der Waals surface area contributed by atoms with Gasteiger partial charge in [0.2, 0.25) is 0 Å². The lowest BCUT2D eigenvalue weighted by Crippen LogP contribution is -2.48. The van der Waals surface area contributed by atoms with Gasteiger partial charge in [0, 0.05) is 10.8 Å². The van der Waals surface area contributed by atoms with Crippen LogP contribution in [0.5, 0.6) is 0 Å². The predicted molar refractivity (Wildman–Crippen MR) is 156 cm³/mol. The molecule has 3 spiro atoms. The van der Waals surface area contributed by atoms with Crippen LogP contribution in [-0.4, -0.2) is 0 Å². The summed E-state index contributed by atoms with van der Waals surface area (Å²) in [5, 5.41) is 0. The Hall–Kier alpha value is -2.34. The first-order valence-corrected chi connectivity index (χ1v) is 14.7. The molecule has 37 heavy (non-hydrogen) atoms. The van der Waals surface area contributed by atoms with Crippen molar-refractivity contribution >= 4 is 0 Å². The van der Waals surface area contributed by atoms with Gasteiger partial charge in [0.1, 0.15) is 0 Å². The van der Waals surface area contributed by atoms with E-state index < -0.39 is 0 Å².